The average Bonchev–Trinajstić information content (AvgIpc) is 2.73. The molecule has 0 unspecified atom stereocenters. The lowest BCUT2D eigenvalue weighted by molar-refractivity contribution is 0.134. The van der Waals surface area contributed by atoms with Crippen LogP contribution in [0.4, 0.5) is 0 Å². The highest BCUT2D eigenvalue weighted by molar-refractivity contribution is 5.06. The Hall–Kier alpha value is -1.24. The van der Waals surface area contributed by atoms with Crippen LogP contribution in [0.25, 0.3) is 0 Å². The molecule has 0 spiro atoms. The number of nitrogens with one attached hydrogen (secondary N) is 1. The van der Waals surface area contributed by atoms with Gasteiger partial charge in [0, 0.05) is 0 Å². The van der Waals surface area contributed by atoms with Gasteiger partial charge in [-0.2, -0.15) is 0 Å². The second kappa shape index (κ2) is 7.98. The highest BCUT2D eigenvalue weighted by Crippen LogP contribution is 2.08. The highest BCUT2D eigenvalue weighted by atomic mass is 16.5. The van der Waals surface area contributed by atoms with Crippen LogP contribution in [-0.2, 0) is 17.9 Å². The molecule has 1 heterocycles. The van der Waals surface area contributed by atoms with Gasteiger partial charge >= 0.3 is 0 Å². The minimum absolute atomic E-state index is 0.324. The number of terminal acetylenes is 1. The van der Waals surface area contributed by atoms with E-state index in [2.05, 4.69) is 18.2 Å². The average molecular weight is 221 g/mol. The van der Waals surface area contributed by atoms with Crippen LogP contribution in [0.3, 0.4) is 0 Å². The van der Waals surface area contributed by atoms with E-state index in [1.807, 2.05) is 12.1 Å². The van der Waals surface area contributed by atoms with Crippen molar-refractivity contribution in [1.82, 2.24) is 5.32 Å². The normalized spacial score (nSPS) is 10.2. The van der Waals surface area contributed by atoms with E-state index in [1.54, 1.807) is 0 Å². The zero-order chi connectivity index (χ0) is 11.6. The quantitative estimate of drug-likeness (QED) is 0.540. The number of hydrogen-bond acceptors (Lipinski definition) is 3. The maximum atomic E-state index is 5.55. The molecule has 0 saturated heterocycles. The van der Waals surface area contributed by atoms with Gasteiger partial charge in [0.25, 0.3) is 0 Å². The predicted molar refractivity (Wildman–Crippen MR) is 63.8 cm³/mol. The summed E-state index contributed by atoms with van der Waals surface area (Å²) in [5, 5.41) is 3.32. The van der Waals surface area contributed by atoms with Crippen molar-refractivity contribution in [3.05, 3.63) is 23.7 Å². The van der Waals surface area contributed by atoms with E-state index in [0.29, 0.717) is 13.2 Å². The number of ether oxygens (including phenoxy) is 1. The zero-order valence-corrected chi connectivity index (χ0v) is 9.79. The van der Waals surface area contributed by atoms with E-state index in [4.69, 9.17) is 15.6 Å². The molecule has 1 aromatic rings. The number of unbranched alkanes of at least 4 members (excludes halogenated alkanes) is 1. The molecular weight excluding hydrogens is 202 g/mol. The van der Waals surface area contributed by atoms with Crippen molar-refractivity contribution in [2.75, 3.05) is 13.2 Å². The Morgan fingerprint density at radius 2 is 2.25 bits per heavy atom. The molecule has 3 heteroatoms. The molecule has 0 aliphatic heterocycles. The lowest BCUT2D eigenvalue weighted by Gasteiger charge is -2.00. The summed E-state index contributed by atoms with van der Waals surface area (Å²) in [4.78, 5) is 0. The molecule has 0 bridgehead atoms. The van der Waals surface area contributed by atoms with Crippen LogP contribution in [-0.4, -0.2) is 13.2 Å². The molecule has 1 rings (SSSR count). The number of rotatable bonds is 8. The van der Waals surface area contributed by atoms with Crippen LogP contribution in [0.1, 0.15) is 31.3 Å². The van der Waals surface area contributed by atoms with Crippen molar-refractivity contribution in [2.24, 2.45) is 0 Å². The Balaban J connectivity index is 2.20. The van der Waals surface area contributed by atoms with Gasteiger partial charge in [0.15, 0.2) is 0 Å². The van der Waals surface area contributed by atoms with Crippen molar-refractivity contribution in [2.45, 2.75) is 32.9 Å². The van der Waals surface area contributed by atoms with Crippen molar-refractivity contribution < 1.29 is 9.15 Å². The molecule has 16 heavy (non-hydrogen) atoms. The van der Waals surface area contributed by atoms with Crippen LogP contribution in [0.5, 0.6) is 0 Å². The van der Waals surface area contributed by atoms with Crippen LogP contribution >= 0.6 is 0 Å². The Morgan fingerprint density at radius 1 is 1.44 bits per heavy atom. The summed E-state index contributed by atoms with van der Waals surface area (Å²) in [5.41, 5.74) is 0. The van der Waals surface area contributed by atoms with Gasteiger partial charge in [-0.25, -0.2) is 0 Å². The summed E-state index contributed by atoms with van der Waals surface area (Å²) in [6.07, 6.45) is 7.47. The smallest absolute Gasteiger partial charge is 0.129 e. The van der Waals surface area contributed by atoms with Gasteiger partial charge in [0.05, 0.1) is 6.54 Å². The highest BCUT2D eigenvalue weighted by Gasteiger charge is 2.01. The molecule has 3 nitrogen and oxygen atoms in total. The molecule has 88 valence electrons. The lowest BCUT2D eigenvalue weighted by atomic mass is 10.3. The third kappa shape index (κ3) is 5.01. The predicted octanol–water partition coefficient (Wildman–Crippen LogP) is 2.32. The Morgan fingerprint density at radius 3 is 3.00 bits per heavy atom. The summed E-state index contributed by atoms with van der Waals surface area (Å²) in [6.45, 7) is 4.74. The zero-order valence-electron chi connectivity index (χ0n) is 9.79. The van der Waals surface area contributed by atoms with Crippen LogP contribution < -0.4 is 5.32 Å². The first kappa shape index (κ1) is 12.8. The Kier molecular flexibility index (Phi) is 6.39. The first-order valence-electron chi connectivity index (χ1n) is 5.66. The molecule has 0 amide bonds. The Bertz CT molecular complexity index is 325. The summed E-state index contributed by atoms with van der Waals surface area (Å²) in [7, 11) is 0. The third-order valence-electron chi connectivity index (χ3n) is 2.15. The van der Waals surface area contributed by atoms with Crippen LogP contribution in [0.2, 0.25) is 0 Å². The second-order valence-corrected chi connectivity index (χ2v) is 3.60. The van der Waals surface area contributed by atoms with Gasteiger partial charge in [-0.3, -0.25) is 0 Å². The van der Waals surface area contributed by atoms with Gasteiger partial charge in [0.2, 0.25) is 0 Å². The monoisotopic (exact) mass is 221 g/mol. The molecule has 0 atom stereocenters. The number of hydrogen-bond donors (Lipinski definition) is 1. The summed E-state index contributed by atoms with van der Waals surface area (Å²) >= 11 is 0. The number of furan rings is 1. The van der Waals surface area contributed by atoms with E-state index in [1.165, 1.54) is 12.8 Å². The fourth-order valence-electron chi connectivity index (χ4n) is 1.32. The molecule has 0 aliphatic carbocycles. The molecule has 0 aromatic carbocycles. The molecule has 0 saturated carbocycles. The van der Waals surface area contributed by atoms with Gasteiger partial charge in [-0.05, 0) is 25.1 Å². The van der Waals surface area contributed by atoms with Gasteiger partial charge in [-0.1, -0.05) is 19.3 Å². The molecular formula is C13H19NO2. The minimum Gasteiger partial charge on any atom is -0.462 e. The summed E-state index contributed by atoms with van der Waals surface area (Å²) in [5.74, 6) is 4.18. The molecule has 0 aliphatic rings. The first-order chi connectivity index (χ1) is 7.86. The van der Waals surface area contributed by atoms with Gasteiger partial charge < -0.3 is 14.5 Å². The third-order valence-corrected chi connectivity index (χ3v) is 2.15. The minimum atomic E-state index is 0.324. The Labute approximate surface area is 97.2 Å². The van der Waals surface area contributed by atoms with E-state index in [-0.39, 0.29) is 0 Å². The van der Waals surface area contributed by atoms with E-state index in [9.17, 15) is 0 Å². The van der Waals surface area contributed by atoms with Crippen molar-refractivity contribution in [3.63, 3.8) is 0 Å². The maximum Gasteiger partial charge on any atom is 0.129 e. The molecule has 1 aromatic heterocycles. The SMILES string of the molecule is C#CCOCc1ccc(CNCCCC)o1. The van der Waals surface area contributed by atoms with Crippen molar-refractivity contribution >= 4 is 0 Å². The largest absolute Gasteiger partial charge is 0.462 e. The van der Waals surface area contributed by atoms with Gasteiger partial charge in [0.1, 0.15) is 24.7 Å². The summed E-state index contributed by atoms with van der Waals surface area (Å²) < 4.78 is 10.7. The first-order valence-corrected chi connectivity index (χ1v) is 5.66. The lowest BCUT2D eigenvalue weighted by Crippen LogP contribution is -2.13. The van der Waals surface area contributed by atoms with Crippen molar-refractivity contribution in [3.8, 4) is 12.3 Å². The maximum absolute atomic E-state index is 5.55. The van der Waals surface area contributed by atoms with Crippen LogP contribution in [0.15, 0.2) is 16.5 Å². The van der Waals surface area contributed by atoms with Crippen LogP contribution in [0, 0.1) is 12.3 Å². The molecule has 1 N–H and O–H groups in total. The standard InChI is InChI=1S/C13H19NO2/c1-3-5-8-14-10-12-6-7-13(16-12)11-15-9-4-2/h2,6-7,14H,3,5,8-11H2,1H3. The summed E-state index contributed by atoms with van der Waals surface area (Å²) in [6, 6.07) is 3.89. The van der Waals surface area contributed by atoms with Crippen molar-refractivity contribution in [1.29, 1.82) is 0 Å². The van der Waals surface area contributed by atoms with E-state index in [0.717, 1.165) is 24.6 Å². The molecule has 0 radical (unpaired) electrons. The topological polar surface area (TPSA) is 34.4 Å². The van der Waals surface area contributed by atoms with E-state index < -0.39 is 0 Å². The van der Waals surface area contributed by atoms with Gasteiger partial charge in [-0.15, -0.1) is 6.42 Å². The second-order valence-electron chi connectivity index (χ2n) is 3.60. The fraction of sp³-hybridized carbons (Fsp3) is 0.538. The van der Waals surface area contributed by atoms with E-state index >= 15 is 0 Å². The fourth-order valence-corrected chi connectivity index (χ4v) is 1.32. The molecule has 0 fully saturated rings.